The van der Waals surface area contributed by atoms with E-state index in [1.165, 1.54) is 22.0 Å². The predicted molar refractivity (Wildman–Crippen MR) is 90.4 cm³/mol. The Hall–Kier alpha value is -1.48. The van der Waals surface area contributed by atoms with Gasteiger partial charge in [0.05, 0.1) is 7.11 Å². The van der Waals surface area contributed by atoms with Crippen molar-refractivity contribution in [3.05, 3.63) is 29.5 Å². The molecule has 0 aliphatic rings. The molecule has 0 unspecified atom stereocenters. The monoisotopic (exact) mass is 288 g/mol. The Morgan fingerprint density at radius 2 is 1.86 bits per heavy atom. The van der Waals surface area contributed by atoms with E-state index in [0.29, 0.717) is 0 Å². The molecule has 0 spiro atoms. The van der Waals surface area contributed by atoms with Gasteiger partial charge in [-0.05, 0) is 43.6 Å². The van der Waals surface area contributed by atoms with Gasteiger partial charge >= 0.3 is 0 Å². The molecule has 2 rings (SSSR count). The van der Waals surface area contributed by atoms with Gasteiger partial charge in [-0.25, -0.2) is 0 Å². The van der Waals surface area contributed by atoms with Crippen molar-refractivity contribution in [1.82, 2.24) is 9.47 Å². The second-order valence-electron chi connectivity index (χ2n) is 7.11. The van der Waals surface area contributed by atoms with Crippen LogP contribution in [0.3, 0.4) is 0 Å². The minimum absolute atomic E-state index is 0.0546. The Kier molecular flexibility index (Phi) is 4.33. The summed E-state index contributed by atoms with van der Waals surface area (Å²) >= 11 is 0. The average Bonchev–Trinajstić information content (AvgIpc) is 2.71. The standard InChI is InChI=1S/C18H28N2O/c1-18(2,3)17-15(21-7)9-8-14-16(17)13(12-20(14)6)10-11-19(4)5/h8-9,12H,10-11H2,1-7H3. The minimum Gasteiger partial charge on any atom is -0.496 e. The van der Waals surface area contributed by atoms with Gasteiger partial charge in [0.25, 0.3) is 0 Å². The van der Waals surface area contributed by atoms with E-state index >= 15 is 0 Å². The molecule has 1 heterocycles. The molecule has 0 saturated heterocycles. The number of likely N-dealkylation sites (N-methyl/N-ethyl adjacent to an activating group) is 1. The predicted octanol–water partition coefficient (Wildman–Crippen LogP) is 3.59. The maximum Gasteiger partial charge on any atom is 0.123 e. The van der Waals surface area contributed by atoms with Crippen molar-refractivity contribution in [2.75, 3.05) is 27.7 Å². The van der Waals surface area contributed by atoms with Gasteiger partial charge in [0.2, 0.25) is 0 Å². The molecule has 0 aliphatic heterocycles. The van der Waals surface area contributed by atoms with Crippen molar-refractivity contribution in [3.8, 4) is 5.75 Å². The number of rotatable bonds is 4. The minimum atomic E-state index is 0.0546. The summed E-state index contributed by atoms with van der Waals surface area (Å²) in [5, 5.41) is 1.37. The molecular formula is C18H28N2O. The molecule has 0 aliphatic carbocycles. The maximum absolute atomic E-state index is 5.65. The SMILES string of the molecule is COc1ccc2c(c(CCN(C)C)cn2C)c1C(C)(C)C. The number of hydrogen-bond donors (Lipinski definition) is 0. The Balaban J connectivity index is 2.70. The van der Waals surface area contributed by atoms with Crippen molar-refractivity contribution < 1.29 is 4.74 Å². The van der Waals surface area contributed by atoms with Crippen molar-refractivity contribution in [2.45, 2.75) is 32.6 Å². The number of hydrogen-bond acceptors (Lipinski definition) is 2. The fourth-order valence-electron chi connectivity index (χ4n) is 3.01. The third kappa shape index (κ3) is 3.08. The van der Waals surface area contributed by atoms with E-state index in [0.717, 1.165) is 18.7 Å². The van der Waals surface area contributed by atoms with Crippen LogP contribution in [0, 0.1) is 0 Å². The van der Waals surface area contributed by atoms with Crippen molar-refractivity contribution in [2.24, 2.45) is 7.05 Å². The molecule has 0 bridgehead atoms. The fraction of sp³-hybridized carbons (Fsp3) is 0.556. The molecule has 3 heteroatoms. The third-order valence-corrected chi connectivity index (χ3v) is 3.99. The summed E-state index contributed by atoms with van der Waals surface area (Å²) in [6.07, 6.45) is 3.32. The molecule has 1 aromatic heterocycles. The van der Waals surface area contributed by atoms with Crippen LogP contribution in [0.4, 0.5) is 0 Å². The first-order valence-electron chi connectivity index (χ1n) is 7.55. The summed E-state index contributed by atoms with van der Waals surface area (Å²) in [5.74, 6) is 0.993. The van der Waals surface area contributed by atoms with Crippen LogP contribution < -0.4 is 4.74 Å². The van der Waals surface area contributed by atoms with Crippen LogP contribution in [0.5, 0.6) is 5.75 Å². The Morgan fingerprint density at radius 3 is 2.38 bits per heavy atom. The largest absolute Gasteiger partial charge is 0.496 e. The van der Waals surface area contributed by atoms with Gasteiger partial charge in [0.1, 0.15) is 5.75 Å². The van der Waals surface area contributed by atoms with Crippen molar-refractivity contribution in [3.63, 3.8) is 0 Å². The zero-order valence-corrected chi connectivity index (χ0v) is 14.4. The quantitative estimate of drug-likeness (QED) is 0.855. The summed E-state index contributed by atoms with van der Waals surface area (Å²) in [6, 6.07) is 4.27. The molecule has 0 radical (unpaired) electrons. The summed E-state index contributed by atoms with van der Waals surface area (Å²) in [6.45, 7) is 7.83. The molecule has 2 aromatic rings. The molecule has 0 N–H and O–H groups in total. The number of fused-ring (bicyclic) bond motifs is 1. The van der Waals surface area contributed by atoms with Crippen LogP contribution >= 0.6 is 0 Å². The highest BCUT2D eigenvalue weighted by Crippen LogP contribution is 2.39. The molecule has 116 valence electrons. The number of aromatic nitrogens is 1. The van der Waals surface area contributed by atoms with Gasteiger partial charge in [-0.15, -0.1) is 0 Å². The molecule has 3 nitrogen and oxygen atoms in total. The number of methoxy groups -OCH3 is 1. The molecule has 0 atom stereocenters. The highest BCUT2D eigenvalue weighted by atomic mass is 16.5. The maximum atomic E-state index is 5.65. The normalized spacial score (nSPS) is 12.4. The number of nitrogens with zero attached hydrogens (tertiary/aromatic N) is 2. The second-order valence-corrected chi connectivity index (χ2v) is 7.11. The Labute approximate surface area is 128 Å². The van der Waals surface area contributed by atoms with E-state index in [9.17, 15) is 0 Å². The van der Waals surface area contributed by atoms with Crippen molar-refractivity contribution >= 4 is 10.9 Å². The topological polar surface area (TPSA) is 17.4 Å². The fourth-order valence-corrected chi connectivity index (χ4v) is 3.01. The lowest BCUT2D eigenvalue weighted by molar-refractivity contribution is 0.399. The highest BCUT2D eigenvalue weighted by molar-refractivity contribution is 5.90. The van der Waals surface area contributed by atoms with Gasteiger partial charge in [-0.2, -0.15) is 0 Å². The lowest BCUT2D eigenvalue weighted by Gasteiger charge is -2.24. The number of benzene rings is 1. The zero-order chi connectivity index (χ0) is 15.8. The van der Waals surface area contributed by atoms with Crippen LogP contribution in [0.25, 0.3) is 10.9 Å². The van der Waals surface area contributed by atoms with E-state index in [-0.39, 0.29) is 5.41 Å². The number of ether oxygens (including phenoxy) is 1. The van der Waals surface area contributed by atoms with E-state index in [1.54, 1.807) is 7.11 Å². The van der Waals surface area contributed by atoms with Gasteiger partial charge < -0.3 is 14.2 Å². The zero-order valence-electron chi connectivity index (χ0n) is 14.4. The van der Waals surface area contributed by atoms with Crippen LogP contribution in [-0.4, -0.2) is 37.2 Å². The lowest BCUT2D eigenvalue weighted by Crippen LogP contribution is -2.16. The second kappa shape index (κ2) is 5.72. The summed E-state index contributed by atoms with van der Waals surface area (Å²) < 4.78 is 7.88. The molecule has 0 amide bonds. The van der Waals surface area contributed by atoms with Crippen LogP contribution in [-0.2, 0) is 18.9 Å². The molecule has 0 saturated carbocycles. The van der Waals surface area contributed by atoms with E-state index < -0.39 is 0 Å². The van der Waals surface area contributed by atoms with Gasteiger partial charge in [0, 0.05) is 36.3 Å². The van der Waals surface area contributed by atoms with Gasteiger partial charge in [0.15, 0.2) is 0 Å². The van der Waals surface area contributed by atoms with Crippen molar-refractivity contribution in [1.29, 1.82) is 0 Å². The molecule has 0 fully saturated rings. The highest BCUT2D eigenvalue weighted by Gasteiger charge is 2.24. The van der Waals surface area contributed by atoms with Crippen LogP contribution in [0.2, 0.25) is 0 Å². The average molecular weight is 288 g/mol. The summed E-state index contributed by atoms with van der Waals surface area (Å²) in [5.41, 5.74) is 4.07. The van der Waals surface area contributed by atoms with Crippen LogP contribution in [0.15, 0.2) is 18.3 Å². The molecular weight excluding hydrogens is 260 g/mol. The van der Waals surface area contributed by atoms with E-state index in [4.69, 9.17) is 4.74 Å². The smallest absolute Gasteiger partial charge is 0.123 e. The van der Waals surface area contributed by atoms with Crippen LogP contribution in [0.1, 0.15) is 31.9 Å². The number of aryl methyl sites for hydroxylation is 1. The molecule has 21 heavy (non-hydrogen) atoms. The first kappa shape index (κ1) is 15.9. The third-order valence-electron chi connectivity index (χ3n) is 3.99. The molecule has 1 aromatic carbocycles. The first-order valence-corrected chi connectivity index (χ1v) is 7.55. The summed E-state index contributed by atoms with van der Waals surface area (Å²) in [7, 11) is 8.13. The van der Waals surface area contributed by atoms with Gasteiger partial charge in [-0.3, -0.25) is 0 Å². The summed E-state index contributed by atoms with van der Waals surface area (Å²) in [4.78, 5) is 2.23. The Bertz CT molecular complexity index is 633. The van der Waals surface area contributed by atoms with Gasteiger partial charge in [-0.1, -0.05) is 20.8 Å². The van der Waals surface area contributed by atoms with E-state index in [1.807, 2.05) is 0 Å². The Morgan fingerprint density at radius 1 is 1.19 bits per heavy atom. The van der Waals surface area contributed by atoms with E-state index in [2.05, 4.69) is 69.7 Å². The lowest BCUT2D eigenvalue weighted by atomic mass is 9.83. The first-order chi connectivity index (χ1) is 9.75.